The lowest BCUT2D eigenvalue weighted by molar-refractivity contribution is 0.372. The van der Waals surface area contributed by atoms with Crippen LogP contribution in [0.5, 0.6) is 23.0 Å². The fraction of sp³-hybridized carbons (Fsp3) is 0.235. The van der Waals surface area contributed by atoms with Crippen molar-refractivity contribution in [1.29, 1.82) is 0 Å². The number of phenolic OH excluding ortho intramolecular Hbond substituents is 3. The zero-order chi connectivity index (χ0) is 16.6. The third kappa shape index (κ3) is 2.75. The first-order chi connectivity index (χ1) is 11.0. The molecular weight excluding hydrogens is 296 g/mol. The number of rotatable bonds is 3. The number of hydrogen-bond donors (Lipinski definition) is 4. The summed E-state index contributed by atoms with van der Waals surface area (Å²) in [6.45, 7) is 1.81. The molecule has 1 unspecified atom stereocenters. The molecule has 0 aliphatic carbocycles. The average Bonchev–Trinajstić information content (AvgIpc) is 2.96. The van der Waals surface area contributed by atoms with Crippen molar-refractivity contribution in [2.45, 2.75) is 19.4 Å². The van der Waals surface area contributed by atoms with E-state index in [1.807, 2.05) is 6.92 Å². The highest BCUT2D eigenvalue weighted by Gasteiger charge is 2.25. The van der Waals surface area contributed by atoms with Crippen LogP contribution in [-0.4, -0.2) is 28.1 Å². The van der Waals surface area contributed by atoms with E-state index < -0.39 is 0 Å². The molecule has 2 aromatic rings. The van der Waals surface area contributed by atoms with Crippen molar-refractivity contribution in [1.82, 2.24) is 5.43 Å². The zero-order valence-electron chi connectivity index (χ0n) is 12.9. The fourth-order valence-corrected chi connectivity index (χ4v) is 2.83. The quantitative estimate of drug-likeness (QED) is 0.698. The third-order valence-electron chi connectivity index (χ3n) is 3.95. The van der Waals surface area contributed by atoms with E-state index in [9.17, 15) is 15.3 Å². The maximum atomic E-state index is 10.1. The fourth-order valence-electron chi connectivity index (χ4n) is 2.83. The van der Waals surface area contributed by atoms with E-state index in [1.54, 1.807) is 24.3 Å². The van der Waals surface area contributed by atoms with E-state index >= 15 is 0 Å². The number of phenols is 3. The van der Waals surface area contributed by atoms with Crippen LogP contribution in [0.1, 0.15) is 29.2 Å². The van der Waals surface area contributed by atoms with Gasteiger partial charge in [-0.05, 0) is 36.2 Å². The minimum atomic E-state index is -0.0768. The van der Waals surface area contributed by atoms with Crippen molar-refractivity contribution in [2.75, 3.05) is 7.11 Å². The Morgan fingerprint density at radius 1 is 1.13 bits per heavy atom. The molecule has 0 spiro atoms. The molecule has 0 saturated carbocycles. The summed E-state index contributed by atoms with van der Waals surface area (Å²) in [6.07, 6.45) is 0.576. The molecule has 0 aromatic heterocycles. The van der Waals surface area contributed by atoms with Gasteiger partial charge in [-0.2, -0.15) is 5.10 Å². The molecule has 3 rings (SSSR count). The smallest absolute Gasteiger partial charge is 0.160 e. The Kier molecular flexibility index (Phi) is 3.73. The molecule has 4 N–H and O–H groups in total. The van der Waals surface area contributed by atoms with Crippen molar-refractivity contribution in [3.63, 3.8) is 0 Å². The maximum Gasteiger partial charge on any atom is 0.160 e. The lowest BCUT2D eigenvalue weighted by atomic mass is 9.95. The molecule has 0 radical (unpaired) electrons. The van der Waals surface area contributed by atoms with Gasteiger partial charge in [0.25, 0.3) is 0 Å². The zero-order valence-corrected chi connectivity index (χ0v) is 12.9. The molecule has 0 fully saturated rings. The molecule has 0 bridgehead atoms. The Balaban J connectivity index is 1.86. The van der Waals surface area contributed by atoms with Crippen molar-refractivity contribution < 1.29 is 20.1 Å². The second kappa shape index (κ2) is 5.72. The Morgan fingerprint density at radius 3 is 2.61 bits per heavy atom. The van der Waals surface area contributed by atoms with Gasteiger partial charge in [-0.15, -0.1) is 0 Å². The molecule has 23 heavy (non-hydrogen) atoms. The highest BCUT2D eigenvalue weighted by Crippen LogP contribution is 2.35. The van der Waals surface area contributed by atoms with E-state index in [-0.39, 0.29) is 23.3 Å². The summed E-state index contributed by atoms with van der Waals surface area (Å²) in [7, 11) is 1.50. The van der Waals surface area contributed by atoms with E-state index in [1.165, 1.54) is 13.2 Å². The highest BCUT2D eigenvalue weighted by molar-refractivity contribution is 6.05. The minimum Gasteiger partial charge on any atom is -0.508 e. The summed E-state index contributed by atoms with van der Waals surface area (Å²) in [6, 6.07) is 7.96. The van der Waals surface area contributed by atoms with Gasteiger partial charge in [-0.1, -0.05) is 6.07 Å². The number of benzene rings is 2. The van der Waals surface area contributed by atoms with Crippen LogP contribution in [0.3, 0.4) is 0 Å². The first-order valence-electron chi connectivity index (χ1n) is 7.21. The molecule has 1 aliphatic heterocycles. The van der Waals surface area contributed by atoms with E-state index in [4.69, 9.17) is 4.74 Å². The third-order valence-corrected chi connectivity index (χ3v) is 3.95. The van der Waals surface area contributed by atoms with Crippen molar-refractivity contribution in [3.05, 3.63) is 47.0 Å². The molecule has 2 aromatic carbocycles. The van der Waals surface area contributed by atoms with Crippen molar-refractivity contribution in [3.8, 4) is 23.0 Å². The molecule has 6 nitrogen and oxygen atoms in total. The van der Waals surface area contributed by atoms with E-state index in [0.29, 0.717) is 17.7 Å². The summed E-state index contributed by atoms with van der Waals surface area (Å²) in [5.41, 5.74) is 6.07. The Morgan fingerprint density at radius 2 is 1.91 bits per heavy atom. The number of aryl methyl sites for hydroxylation is 1. The number of nitrogens with zero attached hydrogens (tertiary/aromatic N) is 1. The summed E-state index contributed by atoms with van der Waals surface area (Å²) < 4.78 is 5.13. The number of hydrazone groups is 1. The summed E-state index contributed by atoms with van der Waals surface area (Å²) in [4.78, 5) is 0. The van der Waals surface area contributed by atoms with Crippen LogP contribution in [0, 0.1) is 6.92 Å². The Bertz CT molecular complexity index is 763. The van der Waals surface area contributed by atoms with Gasteiger partial charge in [0, 0.05) is 18.1 Å². The number of ether oxygens (including phenoxy) is 1. The van der Waals surface area contributed by atoms with Crippen LogP contribution in [0.2, 0.25) is 0 Å². The summed E-state index contributed by atoms with van der Waals surface area (Å²) in [5.74, 6) is 0.519. The molecule has 1 heterocycles. The van der Waals surface area contributed by atoms with Gasteiger partial charge < -0.3 is 25.5 Å². The molecule has 6 heteroatoms. The van der Waals surface area contributed by atoms with Gasteiger partial charge in [-0.3, -0.25) is 0 Å². The SMILES string of the molecule is COc1cc(C2CC(c3c(C)cc(O)cc3O)=NN2)ccc1O. The van der Waals surface area contributed by atoms with Crippen LogP contribution < -0.4 is 10.2 Å². The molecular formula is C17H18N2O4. The highest BCUT2D eigenvalue weighted by atomic mass is 16.5. The van der Waals surface area contributed by atoms with Gasteiger partial charge in [0.2, 0.25) is 0 Å². The molecule has 1 aliphatic rings. The average molecular weight is 314 g/mol. The van der Waals surface area contributed by atoms with Gasteiger partial charge in [-0.25, -0.2) is 0 Å². The number of nitrogens with one attached hydrogen (secondary N) is 1. The minimum absolute atomic E-state index is 0.00647. The van der Waals surface area contributed by atoms with E-state index in [0.717, 1.165) is 16.8 Å². The van der Waals surface area contributed by atoms with Gasteiger partial charge >= 0.3 is 0 Å². The van der Waals surface area contributed by atoms with Crippen LogP contribution in [-0.2, 0) is 0 Å². The summed E-state index contributed by atoms with van der Waals surface area (Å²) in [5, 5.41) is 33.6. The first-order valence-corrected chi connectivity index (χ1v) is 7.21. The number of aromatic hydroxyl groups is 3. The molecule has 1 atom stereocenters. The van der Waals surface area contributed by atoms with Gasteiger partial charge in [0.05, 0.1) is 18.9 Å². The predicted octanol–water partition coefficient (Wildman–Crippen LogP) is 2.56. The van der Waals surface area contributed by atoms with Gasteiger partial charge in [0.1, 0.15) is 11.5 Å². The van der Waals surface area contributed by atoms with Crippen LogP contribution in [0.4, 0.5) is 0 Å². The van der Waals surface area contributed by atoms with Gasteiger partial charge in [0.15, 0.2) is 11.5 Å². The van der Waals surface area contributed by atoms with Crippen LogP contribution in [0.15, 0.2) is 35.4 Å². The second-order valence-corrected chi connectivity index (χ2v) is 5.53. The van der Waals surface area contributed by atoms with E-state index in [2.05, 4.69) is 10.5 Å². The topological polar surface area (TPSA) is 94.3 Å². The molecule has 120 valence electrons. The monoisotopic (exact) mass is 314 g/mol. The van der Waals surface area contributed by atoms with Crippen LogP contribution in [0.25, 0.3) is 0 Å². The summed E-state index contributed by atoms with van der Waals surface area (Å²) >= 11 is 0. The maximum absolute atomic E-state index is 10.1. The first kappa shape index (κ1) is 15.0. The normalized spacial score (nSPS) is 16.8. The standard InChI is InChI=1S/C17H18N2O4/c1-9-5-11(20)7-15(22)17(9)13-8-12(18-19-13)10-3-4-14(21)16(6-10)23-2/h3-7,12,18,20-22H,8H2,1-2H3. The second-order valence-electron chi connectivity index (χ2n) is 5.53. The largest absolute Gasteiger partial charge is 0.508 e. The Hall–Kier alpha value is -2.89. The predicted molar refractivity (Wildman–Crippen MR) is 86.2 cm³/mol. The Labute approximate surface area is 133 Å². The molecule has 0 amide bonds. The van der Waals surface area contributed by atoms with Crippen molar-refractivity contribution in [2.24, 2.45) is 5.10 Å². The van der Waals surface area contributed by atoms with Crippen molar-refractivity contribution >= 4 is 5.71 Å². The lowest BCUT2D eigenvalue weighted by Crippen LogP contribution is -2.10. The number of hydrogen-bond acceptors (Lipinski definition) is 6. The van der Waals surface area contributed by atoms with Crippen LogP contribution >= 0.6 is 0 Å². The molecule has 0 saturated heterocycles. The lowest BCUT2D eigenvalue weighted by Gasteiger charge is -2.13. The number of methoxy groups -OCH3 is 1.